The largest absolute Gasteiger partial charge is 0.378 e. The van der Waals surface area contributed by atoms with E-state index in [9.17, 15) is 0 Å². The van der Waals surface area contributed by atoms with Gasteiger partial charge in [0.25, 0.3) is 0 Å². The smallest absolute Gasteiger partial charge is 0.0590 e. The average molecular weight is 295 g/mol. The van der Waals surface area contributed by atoms with Crippen molar-refractivity contribution in [1.29, 1.82) is 0 Å². The molecule has 0 aromatic carbocycles. The predicted octanol–water partition coefficient (Wildman–Crippen LogP) is 1.83. The lowest BCUT2D eigenvalue weighted by molar-refractivity contribution is -0.0848. The second-order valence-electron chi connectivity index (χ2n) is 7.24. The summed E-state index contributed by atoms with van der Waals surface area (Å²) in [6.45, 7) is 8.78. The minimum Gasteiger partial charge on any atom is -0.378 e. The van der Waals surface area contributed by atoms with Gasteiger partial charge in [-0.25, -0.2) is 0 Å². The molecule has 1 aliphatic carbocycles. The molecular formula is C17H33N3O. The van der Waals surface area contributed by atoms with Crippen molar-refractivity contribution in [3.8, 4) is 0 Å². The first-order chi connectivity index (χ1) is 10.3. The molecule has 21 heavy (non-hydrogen) atoms. The first-order valence-electron chi connectivity index (χ1n) is 9.08. The third-order valence-electron chi connectivity index (χ3n) is 6.19. The molecule has 2 saturated heterocycles. The lowest BCUT2D eigenvalue weighted by atomic mass is 9.83. The fourth-order valence-corrected chi connectivity index (χ4v) is 4.70. The first-order valence-corrected chi connectivity index (χ1v) is 9.08. The van der Waals surface area contributed by atoms with Crippen molar-refractivity contribution in [3.05, 3.63) is 0 Å². The standard InChI is InChI=1S/C17H33N3O/c1-2-16-13-17(14-18,7-12-21-16)20-10-8-19(9-11-20)15-5-3-4-6-15/h15-16H,2-14,18H2,1H3. The Labute approximate surface area is 130 Å². The molecule has 2 aliphatic heterocycles. The van der Waals surface area contributed by atoms with Gasteiger partial charge in [-0.05, 0) is 32.1 Å². The molecule has 3 aliphatic rings. The Hall–Kier alpha value is -0.160. The molecule has 3 fully saturated rings. The van der Waals surface area contributed by atoms with Crippen molar-refractivity contribution in [2.75, 3.05) is 39.3 Å². The zero-order valence-electron chi connectivity index (χ0n) is 13.7. The van der Waals surface area contributed by atoms with Crippen LogP contribution in [0.1, 0.15) is 51.9 Å². The Morgan fingerprint density at radius 2 is 1.86 bits per heavy atom. The van der Waals surface area contributed by atoms with E-state index in [1.165, 1.54) is 51.9 Å². The molecule has 122 valence electrons. The van der Waals surface area contributed by atoms with Crippen LogP contribution in [0.25, 0.3) is 0 Å². The predicted molar refractivity (Wildman–Crippen MR) is 86.5 cm³/mol. The SMILES string of the molecule is CCC1CC(CN)(N2CCN(C3CCCC3)CC2)CCO1. The lowest BCUT2D eigenvalue weighted by Gasteiger charge is -2.51. The van der Waals surface area contributed by atoms with Crippen molar-refractivity contribution in [2.45, 2.75) is 69.6 Å². The molecule has 4 nitrogen and oxygen atoms in total. The van der Waals surface area contributed by atoms with E-state index in [1.807, 2.05) is 0 Å². The van der Waals surface area contributed by atoms with Gasteiger partial charge in [-0.3, -0.25) is 9.80 Å². The minimum absolute atomic E-state index is 0.209. The van der Waals surface area contributed by atoms with Crippen LogP contribution < -0.4 is 5.73 Å². The van der Waals surface area contributed by atoms with Gasteiger partial charge < -0.3 is 10.5 Å². The molecule has 0 spiro atoms. The van der Waals surface area contributed by atoms with E-state index in [0.29, 0.717) is 6.10 Å². The van der Waals surface area contributed by atoms with Crippen molar-refractivity contribution in [1.82, 2.24) is 9.80 Å². The molecule has 1 saturated carbocycles. The summed E-state index contributed by atoms with van der Waals surface area (Å²) in [7, 11) is 0. The van der Waals surface area contributed by atoms with E-state index in [-0.39, 0.29) is 5.54 Å². The highest BCUT2D eigenvalue weighted by Gasteiger charge is 2.42. The van der Waals surface area contributed by atoms with Crippen molar-refractivity contribution in [2.24, 2.45) is 5.73 Å². The van der Waals surface area contributed by atoms with Crippen LogP contribution in [0.4, 0.5) is 0 Å². The summed E-state index contributed by atoms with van der Waals surface area (Å²) in [6.07, 6.45) is 9.49. The maximum atomic E-state index is 6.23. The molecule has 4 heteroatoms. The highest BCUT2D eigenvalue weighted by Crippen LogP contribution is 2.33. The Morgan fingerprint density at radius 3 is 2.48 bits per heavy atom. The molecule has 2 N–H and O–H groups in total. The number of rotatable bonds is 4. The van der Waals surface area contributed by atoms with E-state index in [4.69, 9.17) is 10.5 Å². The van der Waals surface area contributed by atoms with Gasteiger partial charge in [-0.1, -0.05) is 19.8 Å². The normalized spacial score (nSPS) is 37.1. The molecule has 2 heterocycles. The van der Waals surface area contributed by atoms with Crippen LogP contribution in [0.15, 0.2) is 0 Å². The molecule has 2 unspecified atom stereocenters. The summed E-state index contributed by atoms with van der Waals surface area (Å²) in [5, 5.41) is 0. The van der Waals surface area contributed by atoms with Gasteiger partial charge in [0.05, 0.1) is 6.10 Å². The fraction of sp³-hybridized carbons (Fsp3) is 1.00. The van der Waals surface area contributed by atoms with Crippen molar-refractivity contribution < 1.29 is 4.74 Å². The number of hydrogen-bond acceptors (Lipinski definition) is 4. The zero-order valence-corrected chi connectivity index (χ0v) is 13.7. The number of nitrogens with zero attached hydrogens (tertiary/aromatic N) is 2. The van der Waals surface area contributed by atoms with Crippen molar-refractivity contribution in [3.63, 3.8) is 0 Å². The lowest BCUT2D eigenvalue weighted by Crippen LogP contribution is -2.63. The number of ether oxygens (including phenoxy) is 1. The molecule has 0 amide bonds. The second kappa shape index (κ2) is 6.95. The molecule has 0 bridgehead atoms. The quantitative estimate of drug-likeness (QED) is 0.859. The molecule has 0 aromatic heterocycles. The monoisotopic (exact) mass is 295 g/mol. The second-order valence-corrected chi connectivity index (χ2v) is 7.24. The van der Waals surface area contributed by atoms with Crippen LogP contribution in [0.2, 0.25) is 0 Å². The van der Waals surface area contributed by atoms with Crippen LogP contribution in [0.3, 0.4) is 0 Å². The zero-order chi connectivity index (χ0) is 14.7. The van der Waals surface area contributed by atoms with Gasteiger partial charge in [0.1, 0.15) is 0 Å². The first kappa shape index (κ1) is 15.7. The Kier molecular flexibility index (Phi) is 5.20. The third kappa shape index (κ3) is 3.29. The summed E-state index contributed by atoms with van der Waals surface area (Å²) in [5.74, 6) is 0. The summed E-state index contributed by atoms with van der Waals surface area (Å²) < 4.78 is 5.88. The van der Waals surface area contributed by atoms with Crippen molar-refractivity contribution >= 4 is 0 Å². The number of piperazine rings is 1. The minimum atomic E-state index is 0.209. The van der Waals surface area contributed by atoms with Crippen LogP contribution in [0, 0.1) is 0 Å². The molecule has 0 aromatic rings. The van der Waals surface area contributed by atoms with Gasteiger partial charge in [-0.2, -0.15) is 0 Å². The summed E-state index contributed by atoms with van der Waals surface area (Å²) in [6, 6.07) is 0.874. The highest BCUT2D eigenvalue weighted by atomic mass is 16.5. The van der Waals surface area contributed by atoms with Gasteiger partial charge in [0, 0.05) is 50.9 Å². The molecular weight excluding hydrogens is 262 g/mol. The average Bonchev–Trinajstić information content (AvgIpc) is 3.09. The maximum Gasteiger partial charge on any atom is 0.0590 e. The van der Waals surface area contributed by atoms with Gasteiger partial charge in [0.15, 0.2) is 0 Å². The Balaban J connectivity index is 1.58. The number of nitrogens with two attached hydrogens (primary N) is 1. The van der Waals surface area contributed by atoms with E-state index in [2.05, 4.69) is 16.7 Å². The molecule has 0 radical (unpaired) electrons. The Bertz CT molecular complexity index is 324. The molecule has 2 atom stereocenters. The topological polar surface area (TPSA) is 41.7 Å². The van der Waals surface area contributed by atoms with E-state index in [1.54, 1.807) is 0 Å². The van der Waals surface area contributed by atoms with E-state index < -0.39 is 0 Å². The van der Waals surface area contributed by atoms with Gasteiger partial charge in [-0.15, -0.1) is 0 Å². The Morgan fingerprint density at radius 1 is 1.14 bits per heavy atom. The summed E-state index contributed by atoms with van der Waals surface area (Å²) in [4.78, 5) is 5.44. The van der Waals surface area contributed by atoms with Crippen LogP contribution in [-0.2, 0) is 4.74 Å². The fourth-order valence-electron chi connectivity index (χ4n) is 4.70. The van der Waals surface area contributed by atoms with Gasteiger partial charge >= 0.3 is 0 Å². The number of hydrogen-bond donors (Lipinski definition) is 1. The van der Waals surface area contributed by atoms with Crippen LogP contribution in [0.5, 0.6) is 0 Å². The maximum absolute atomic E-state index is 6.23. The van der Waals surface area contributed by atoms with E-state index in [0.717, 1.165) is 38.5 Å². The highest BCUT2D eigenvalue weighted by molar-refractivity contribution is 4.98. The van der Waals surface area contributed by atoms with E-state index >= 15 is 0 Å². The van der Waals surface area contributed by atoms with Crippen LogP contribution >= 0.6 is 0 Å². The molecule has 3 rings (SSSR count). The third-order valence-corrected chi connectivity index (χ3v) is 6.19. The van der Waals surface area contributed by atoms with Gasteiger partial charge in [0.2, 0.25) is 0 Å². The summed E-state index contributed by atoms with van der Waals surface area (Å²) in [5.41, 5.74) is 6.44. The van der Waals surface area contributed by atoms with Crippen LogP contribution in [-0.4, -0.2) is 66.8 Å². The summed E-state index contributed by atoms with van der Waals surface area (Å²) >= 11 is 0.